The molecule has 7 heteroatoms. The highest BCUT2D eigenvalue weighted by molar-refractivity contribution is 5.91. The number of esters is 1. The number of guanidine groups is 1. The van der Waals surface area contributed by atoms with E-state index in [1.165, 1.54) is 76.7 Å². The van der Waals surface area contributed by atoms with Gasteiger partial charge in [-0.05, 0) is 32.6 Å². The number of unbranched alkanes of at least 4 members (excludes halogenated alkanes) is 11. The normalized spacial score (nSPS) is 12.2. The summed E-state index contributed by atoms with van der Waals surface area (Å²) >= 11 is 0. The lowest BCUT2D eigenvalue weighted by molar-refractivity contribution is -0.147. The van der Waals surface area contributed by atoms with Crippen LogP contribution < -0.4 is 16.8 Å². The monoisotopic (exact) mass is 464 g/mol. The second-order valence-electron chi connectivity index (χ2n) is 8.37. The number of nitrogens with two attached hydrogens (primary N) is 2. The summed E-state index contributed by atoms with van der Waals surface area (Å²) in [5.41, 5.74) is 10.6. The van der Waals surface area contributed by atoms with Crippen LogP contribution in [0.3, 0.4) is 0 Å². The molecule has 0 aliphatic rings. The summed E-state index contributed by atoms with van der Waals surface area (Å²) in [6.07, 6.45) is 23.8. The Bertz CT molecular complexity index is 584. The van der Waals surface area contributed by atoms with Crippen molar-refractivity contribution >= 4 is 17.8 Å². The number of amides is 1. The van der Waals surface area contributed by atoms with E-state index in [4.69, 9.17) is 16.2 Å². The van der Waals surface area contributed by atoms with Gasteiger partial charge in [0.2, 0.25) is 5.91 Å². The fraction of sp³-hybridized carbons (Fsp3) is 0.731. The number of nitrogens with zero attached hydrogens (tertiary/aromatic N) is 1. The highest BCUT2D eigenvalue weighted by atomic mass is 16.5. The van der Waals surface area contributed by atoms with Gasteiger partial charge in [-0.15, -0.1) is 0 Å². The number of nitrogens with one attached hydrogen (secondary N) is 1. The topological polar surface area (TPSA) is 120 Å². The van der Waals surface area contributed by atoms with Gasteiger partial charge >= 0.3 is 5.97 Å². The van der Waals surface area contributed by atoms with Gasteiger partial charge < -0.3 is 21.5 Å². The van der Waals surface area contributed by atoms with Gasteiger partial charge in [-0.2, -0.15) is 0 Å². The lowest BCUT2D eigenvalue weighted by atomic mass is 10.1. The molecular weight excluding hydrogens is 416 g/mol. The van der Waals surface area contributed by atoms with Gasteiger partial charge in [0, 0.05) is 12.6 Å². The van der Waals surface area contributed by atoms with Crippen molar-refractivity contribution in [3.63, 3.8) is 0 Å². The van der Waals surface area contributed by atoms with Crippen LogP contribution in [-0.2, 0) is 14.3 Å². The fourth-order valence-electron chi connectivity index (χ4n) is 3.46. The van der Waals surface area contributed by atoms with Crippen molar-refractivity contribution < 1.29 is 14.3 Å². The van der Waals surface area contributed by atoms with Crippen LogP contribution in [0.5, 0.6) is 0 Å². The average molecular weight is 465 g/mol. The first-order valence-electron chi connectivity index (χ1n) is 12.9. The van der Waals surface area contributed by atoms with Crippen molar-refractivity contribution in [3.8, 4) is 0 Å². The van der Waals surface area contributed by atoms with Crippen molar-refractivity contribution in [2.45, 2.75) is 110 Å². The van der Waals surface area contributed by atoms with E-state index in [9.17, 15) is 9.59 Å². The van der Waals surface area contributed by atoms with E-state index in [-0.39, 0.29) is 18.5 Å². The molecule has 0 aromatic carbocycles. The molecule has 0 unspecified atom stereocenters. The summed E-state index contributed by atoms with van der Waals surface area (Å²) in [7, 11) is 0. The van der Waals surface area contributed by atoms with Gasteiger partial charge in [-0.3, -0.25) is 9.79 Å². The second-order valence-corrected chi connectivity index (χ2v) is 8.37. The summed E-state index contributed by atoms with van der Waals surface area (Å²) < 4.78 is 5.04. The molecule has 0 fully saturated rings. The van der Waals surface area contributed by atoms with Crippen molar-refractivity contribution in [2.75, 3.05) is 13.2 Å². The minimum absolute atomic E-state index is 0.00890. The number of allylic oxidation sites excluding steroid dienone is 3. The van der Waals surface area contributed by atoms with Crippen molar-refractivity contribution in [2.24, 2.45) is 16.5 Å². The average Bonchev–Trinajstić information content (AvgIpc) is 2.78. The Hall–Kier alpha value is -2.31. The molecule has 190 valence electrons. The fourth-order valence-corrected chi connectivity index (χ4v) is 3.46. The molecule has 0 aliphatic heterocycles. The number of carbonyl (C=O) groups is 2. The zero-order valence-electron chi connectivity index (χ0n) is 21.0. The molecule has 7 nitrogen and oxygen atoms in total. The van der Waals surface area contributed by atoms with Crippen molar-refractivity contribution in [3.05, 3.63) is 24.3 Å². The second kappa shape index (κ2) is 22.9. The maximum atomic E-state index is 12.1. The molecule has 1 atom stereocenters. The van der Waals surface area contributed by atoms with Gasteiger partial charge in [0.1, 0.15) is 6.04 Å². The van der Waals surface area contributed by atoms with E-state index in [1.54, 1.807) is 13.0 Å². The molecule has 0 aromatic rings. The molecule has 0 heterocycles. The molecule has 5 N–H and O–H groups in total. The number of hydrogen-bond acceptors (Lipinski definition) is 4. The van der Waals surface area contributed by atoms with E-state index in [2.05, 4.69) is 23.3 Å². The Morgan fingerprint density at radius 2 is 1.48 bits per heavy atom. The van der Waals surface area contributed by atoms with Gasteiger partial charge in [0.05, 0.1) is 6.61 Å². The molecule has 0 aliphatic carbocycles. The van der Waals surface area contributed by atoms with Crippen LogP contribution in [0.25, 0.3) is 0 Å². The van der Waals surface area contributed by atoms with Crippen LogP contribution in [0.4, 0.5) is 0 Å². The van der Waals surface area contributed by atoms with Gasteiger partial charge in [0.25, 0.3) is 0 Å². The van der Waals surface area contributed by atoms with E-state index in [0.717, 1.165) is 6.42 Å². The van der Waals surface area contributed by atoms with Gasteiger partial charge in [-0.25, -0.2) is 4.79 Å². The standard InChI is InChI=1S/C26H48N4O3/c1-3-5-6-7-8-9-10-11-12-13-14-15-16-17-18-21-24(31)30-23(25(32)33-4-2)20-19-22-29-26(27)28/h16-18,21,23H,3-15,19-20,22H2,1-2H3,(H,30,31)(H4,27,28,29)/t23-/m0/s1. The van der Waals surface area contributed by atoms with E-state index in [1.807, 2.05) is 6.08 Å². The Balaban J connectivity index is 3.96. The lowest BCUT2D eigenvalue weighted by Gasteiger charge is -2.15. The van der Waals surface area contributed by atoms with Crippen LogP contribution in [-0.4, -0.2) is 37.0 Å². The Morgan fingerprint density at radius 1 is 0.879 bits per heavy atom. The molecular formula is C26H48N4O3. The highest BCUT2D eigenvalue weighted by Crippen LogP contribution is 2.12. The quantitative estimate of drug-likeness (QED) is 0.0557. The predicted octanol–water partition coefficient (Wildman–Crippen LogP) is 4.90. The number of carbonyl (C=O) groups excluding carboxylic acids is 2. The SMILES string of the molecule is CCCCCCCCCCCCCC=CC=CC(=O)N[C@@H](CCCN=C(N)N)C(=O)OCC. The zero-order chi connectivity index (χ0) is 24.6. The van der Waals surface area contributed by atoms with Crippen LogP contribution in [0.15, 0.2) is 29.3 Å². The third kappa shape index (κ3) is 21.3. The maximum Gasteiger partial charge on any atom is 0.328 e. The molecule has 0 rings (SSSR count). The molecule has 1 amide bonds. The number of ether oxygens (including phenoxy) is 1. The van der Waals surface area contributed by atoms with Crippen LogP contribution in [0.2, 0.25) is 0 Å². The first-order chi connectivity index (χ1) is 16.0. The van der Waals surface area contributed by atoms with Gasteiger partial charge in [0.15, 0.2) is 5.96 Å². The van der Waals surface area contributed by atoms with Crippen molar-refractivity contribution in [1.29, 1.82) is 0 Å². The third-order valence-electron chi connectivity index (χ3n) is 5.30. The van der Waals surface area contributed by atoms with Crippen LogP contribution in [0, 0.1) is 0 Å². The number of aliphatic imine (C=N–C) groups is 1. The first-order valence-corrected chi connectivity index (χ1v) is 12.9. The number of hydrogen-bond donors (Lipinski definition) is 3. The predicted molar refractivity (Wildman–Crippen MR) is 138 cm³/mol. The van der Waals surface area contributed by atoms with E-state index >= 15 is 0 Å². The summed E-state index contributed by atoms with van der Waals surface area (Å²) in [5.74, 6) is -0.764. The molecule has 0 spiro atoms. The maximum absolute atomic E-state index is 12.1. The summed E-state index contributed by atoms with van der Waals surface area (Å²) in [5, 5.41) is 2.69. The van der Waals surface area contributed by atoms with E-state index in [0.29, 0.717) is 19.4 Å². The van der Waals surface area contributed by atoms with Crippen LogP contribution >= 0.6 is 0 Å². The lowest BCUT2D eigenvalue weighted by Crippen LogP contribution is -2.41. The highest BCUT2D eigenvalue weighted by Gasteiger charge is 2.20. The molecule has 0 radical (unpaired) electrons. The zero-order valence-corrected chi connectivity index (χ0v) is 21.0. The summed E-state index contributed by atoms with van der Waals surface area (Å²) in [6.45, 7) is 4.65. The first kappa shape index (κ1) is 30.7. The molecule has 0 saturated carbocycles. The van der Waals surface area contributed by atoms with Crippen molar-refractivity contribution in [1.82, 2.24) is 5.32 Å². The smallest absolute Gasteiger partial charge is 0.328 e. The molecule has 0 saturated heterocycles. The molecule has 33 heavy (non-hydrogen) atoms. The Morgan fingerprint density at radius 3 is 2.06 bits per heavy atom. The minimum atomic E-state index is -0.711. The largest absolute Gasteiger partial charge is 0.464 e. The van der Waals surface area contributed by atoms with Crippen LogP contribution in [0.1, 0.15) is 104 Å². The number of rotatable bonds is 21. The Kier molecular flexibility index (Phi) is 21.3. The summed E-state index contributed by atoms with van der Waals surface area (Å²) in [6, 6.07) is -0.711. The van der Waals surface area contributed by atoms with E-state index < -0.39 is 12.0 Å². The summed E-state index contributed by atoms with van der Waals surface area (Å²) in [4.78, 5) is 28.1. The minimum Gasteiger partial charge on any atom is -0.464 e. The van der Waals surface area contributed by atoms with Gasteiger partial charge in [-0.1, -0.05) is 89.4 Å². The molecule has 0 bridgehead atoms. The Labute approximate surface area is 201 Å². The third-order valence-corrected chi connectivity index (χ3v) is 5.30. The molecule has 0 aromatic heterocycles.